The standard InChI is InChI=1S/C11H11IN2O2/c1-15-9-5-2-8(3-6-9)4-7-10-13-14-11(12)16-10/h2-3,5-6H,4,7H2,1H3. The third-order valence-electron chi connectivity index (χ3n) is 2.23. The van der Waals surface area contributed by atoms with E-state index in [9.17, 15) is 0 Å². The normalized spacial score (nSPS) is 10.4. The van der Waals surface area contributed by atoms with Gasteiger partial charge in [-0.3, -0.25) is 0 Å². The van der Waals surface area contributed by atoms with Gasteiger partial charge < -0.3 is 9.15 Å². The van der Waals surface area contributed by atoms with Crippen LogP contribution in [0, 0.1) is 3.90 Å². The summed E-state index contributed by atoms with van der Waals surface area (Å²) in [5, 5.41) is 7.72. The summed E-state index contributed by atoms with van der Waals surface area (Å²) in [5.41, 5.74) is 1.23. The van der Waals surface area contributed by atoms with Crippen molar-refractivity contribution >= 4 is 22.6 Å². The Morgan fingerprint density at radius 1 is 1.19 bits per heavy atom. The molecule has 0 aliphatic heterocycles. The third-order valence-corrected chi connectivity index (χ3v) is 2.66. The number of ether oxygens (including phenoxy) is 1. The van der Waals surface area contributed by atoms with Gasteiger partial charge in [-0.2, -0.15) is 0 Å². The van der Waals surface area contributed by atoms with E-state index in [2.05, 4.69) is 10.2 Å². The van der Waals surface area contributed by atoms with Gasteiger partial charge in [-0.05, 0) is 24.1 Å². The highest BCUT2D eigenvalue weighted by atomic mass is 127. The van der Waals surface area contributed by atoms with E-state index in [1.165, 1.54) is 5.56 Å². The fraction of sp³-hybridized carbons (Fsp3) is 0.273. The predicted molar refractivity (Wildman–Crippen MR) is 67.4 cm³/mol. The Morgan fingerprint density at radius 2 is 1.94 bits per heavy atom. The van der Waals surface area contributed by atoms with Crippen molar-refractivity contribution in [1.29, 1.82) is 0 Å². The van der Waals surface area contributed by atoms with Crippen LogP contribution in [-0.4, -0.2) is 17.3 Å². The maximum absolute atomic E-state index is 5.29. The lowest BCUT2D eigenvalue weighted by atomic mass is 10.1. The highest BCUT2D eigenvalue weighted by molar-refractivity contribution is 14.1. The number of aromatic nitrogens is 2. The summed E-state index contributed by atoms with van der Waals surface area (Å²) in [6, 6.07) is 7.99. The molecule has 0 amide bonds. The summed E-state index contributed by atoms with van der Waals surface area (Å²) in [6.45, 7) is 0. The molecule has 0 saturated carbocycles. The molecule has 0 fully saturated rings. The molecule has 4 nitrogen and oxygen atoms in total. The average Bonchev–Trinajstić information content (AvgIpc) is 2.73. The van der Waals surface area contributed by atoms with E-state index in [1.807, 2.05) is 46.9 Å². The molecule has 0 aliphatic rings. The van der Waals surface area contributed by atoms with Crippen molar-refractivity contribution in [1.82, 2.24) is 10.2 Å². The number of nitrogens with zero attached hydrogens (tertiary/aromatic N) is 2. The van der Waals surface area contributed by atoms with Gasteiger partial charge in [-0.25, -0.2) is 0 Å². The van der Waals surface area contributed by atoms with E-state index in [0.29, 0.717) is 9.79 Å². The molecule has 2 aromatic rings. The summed E-state index contributed by atoms with van der Waals surface area (Å²) >= 11 is 2.01. The monoisotopic (exact) mass is 330 g/mol. The molecule has 0 bridgehead atoms. The zero-order valence-corrected chi connectivity index (χ0v) is 11.0. The Labute approximate surface area is 107 Å². The number of methoxy groups -OCH3 is 1. The summed E-state index contributed by atoms with van der Waals surface area (Å²) in [6.07, 6.45) is 1.66. The Balaban J connectivity index is 1.94. The van der Waals surface area contributed by atoms with Crippen LogP contribution in [0.3, 0.4) is 0 Å². The van der Waals surface area contributed by atoms with E-state index in [1.54, 1.807) is 7.11 Å². The first-order valence-electron chi connectivity index (χ1n) is 4.89. The van der Waals surface area contributed by atoms with Crippen LogP contribution < -0.4 is 4.74 Å². The van der Waals surface area contributed by atoms with Crippen LogP contribution in [0.25, 0.3) is 0 Å². The number of halogens is 1. The Bertz CT molecular complexity index is 453. The molecule has 0 N–H and O–H groups in total. The van der Waals surface area contributed by atoms with Crippen molar-refractivity contribution < 1.29 is 9.15 Å². The van der Waals surface area contributed by atoms with Crippen molar-refractivity contribution in [3.63, 3.8) is 0 Å². The lowest BCUT2D eigenvalue weighted by Crippen LogP contribution is -1.92. The first-order chi connectivity index (χ1) is 7.78. The first-order valence-corrected chi connectivity index (χ1v) is 5.96. The highest BCUT2D eigenvalue weighted by Gasteiger charge is 2.03. The maximum Gasteiger partial charge on any atom is 0.278 e. The highest BCUT2D eigenvalue weighted by Crippen LogP contribution is 2.13. The summed E-state index contributed by atoms with van der Waals surface area (Å²) in [5.74, 6) is 1.55. The van der Waals surface area contributed by atoms with E-state index >= 15 is 0 Å². The lowest BCUT2D eigenvalue weighted by molar-refractivity contribution is 0.414. The van der Waals surface area contributed by atoms with Crippen LogP contribution in [0.5, 0.6) is 5.75 Å². The largest absolute Gasteiger partial charge is 0.497 e. The number of benzene rings is 1. The van der Waals surface area contributed by atoms with Gasteiger partial charge in [-0.15, -0.1) is 10.2 Å². The molecular formula is C11H11IN2O2. The van der Waals surface area contributed by atoms with Crippen LogP contribution in [0.15, 0.2) is 28.7 Å². The Kier molecular flexibility index (Phi) is 3.76. The SMILES string of the molecule is COc1ccc(CCc2nnc(I)o2)cc1. The predicted octanol–water partition coefficient (Wildman–Crippen LogP) is 2.47. The van der Waals surface area contributed by atoms with Gasteiger partial charge in [0.15, 0.2) is 0 Å². The van der Waals surface area contributed by atoms with Gasteiger partial charge >= 0.3 is 0 Å². The van der Waals surface area contributed by atoms with E-state index in [4.69, 9.17) is 9.15 Å². The zero-order chi connectivity index (χ0) is 11.4. The van der Waals surface area contributed by atoms with Crippen molar-refractivity contribution in [2.24, 2.45) is 0 Å². The Hall–Kier alpha value is -1.11. The summed E-state index contributed by atoms with van der Waals surface area (Å²) in [7, 11) is 1.66. The number of hydrogen-bond donors (Lipinski definition) is 0. The smallest absolute Gasteiger partial charge is 0.278 e. The fourth-order valence-electron chi connectivity index (χ4n) is 1.38. The molecule has 5 heteroatoms. The van der Waals surface area contributed by atoms with Crippen LogP contribution >= 0.6 is 22.6 Å². The van der Waals surface area contributed by atoms with Gasteiger partial charge in [0.2, 0.25) is 5.89 Å². The van der Waals surface area contributed by atoms with Gasteiger partial charge in [0.05, 0.1) is 7.11 Å². The second kappa shape index (κ2) is 5.29. The summed E-state index contributed by atoms with van der Waals surface area (Å²) < 4.78 is 11.0. The minimum Gasteiger partial charge on any atom is -0.497 e. The number of aryl methyl sites for hydroxylation is 2. The third kappa shape index (κ3) is 2.94. The van der Waals surface area contributed by atoms with Gasteiger partial charge in [0.1, 0.15) is 5.75 Å². The van der Waals surface area contributed by atoms with Gasteiger partial charge in [0, 0.05) is 29.0 Å². The molecule has 1 aromatic heterocycles. The summed E-state index contributed by atoms with van der Waals surface area (Å²) in [4.78, 5) is 0. The molecular weight excluding hydrogens is 319 g/mol. The molecule has 84 valence electrons. The van der Waals surface area contributed by atoms with Crippen molar-refractivity contribution in [2.75, 3.05) is 7.11 Å². The van der Waals surface area contributed by atoms with Crippen LogP contribution in [0.2, 0.25) is 0 Å². The van der Waals surface area contributed by atoms with Crippen molar-refractivity contribution in [2.45, 2.75) is 12.8 Å². The van der Waals surface area contributed by atoms with E-state index in [-0.39, 0.29) is 0 Å². The molecule has 0 radical (unpaired) electrons. The molecule has 0 atom stereocenters. The van der Waals surface area contributed by atoms with Crippen LogP contribution in [-0.2, 0) is 12.8 Å². The zero-order valence-electron chi connectivity index (χ0n) is 8.81. The Morgan fingerprint density at radius 3 is 2.50 bits per heavy atom. The molecule has 0 aliphatic carbocycles. The van der Waals surface area contributed by atoms with E-state index in [0.717, 1.165) is 18.6 Å². The van der Waals surface area contributed by atoms with Crippen molar-refractivity contribution in [3.8, 4) is 5.75 Å². The molecule has 16 heavy (non-hydrogen) atoms. The number of rotatable bonds is 4. The first kappa shape index (κ1) is 11.4. The molecule has 0 unspecified atom stereocenters. The topological polar surface area (TPSA) is 48.2 Å². The van der Waals surface area contributed by atoms with E-state index < -0.39 is 0 Å². The second-order valence-corrected chi connectivity index (χ2v) is 4.22. The fourth-order valence-corrected chi connectivity index (χ4v) is 1.74. The van der Waals surface area contributed by atoms with Crippen LogP contribution in [0.1, 0.15) is 11.5 Å². The van der Waals surface area contributed by atoms with Gasteiger partial charge in [0.25, 0.3) is 3.90 Å². The second-order valence-electron chi connectivity index (χ2n) is 3.30. The quantitative estimate of drug-likeness (QED) is 0.808. The lowest BCUT2D eigenvalue weighted by Gasteiger charge is -2.01. The minimum absolute atomic E-state index is 0.585. The molecule has 1 aromatic carbocycles. The van der Waals surface area contributed by atoms with Gasteiger partial charge in [-0.1, -0.05) is 12.1 Å². The molecule has 2 rings (SSSR count). The number of hydrogen-bond acceptors (Lipinski definition) is 4. The molecule has 0 spiro atoms. The molecule has 1 heterocycles. The van der Waals surface area contributed by atoms with Crippen LogP contribution in [0.4, 0.5) is 0 Å². The minimum atomic E-state index is 0.585. The average molecular weight is 330 g/mol. The maximum atomic E-state index is 5.29. The molecule has 0 saturated heterocycles. The van der Waals surface area contributed by atoms with Crippen molar-refractivity contribution in [3.05, 3.63) is 39.6 Å².